The first-order chi connectivity index (χ1) is 30.0. The third-order valence-electron chi connectivity index (χ3n) is 12.9. The zero-order valence-corrected chi connectivity index (χ0v) is 33.9. The van der Waals surface area contributed by atoms with Gasteiger partial charge in [0.15, 0.2) is 0 Å². The minimum absolute atomic E-state index is 0.130. The number of nitrogens with zero attached hydrogens (tertiary/aromatic N) is 2. The average Bonchev–Trinajstić information content (AvgIpc) is 3.82. The van der Waals surface area contributed by atoms with Gasteiger partial charge in [0.05, 0.1) is 5.69 Å². The number of pyridine rings is 1. The molecule has 9 aromatic carbocycles. The normalized spacial score (nSPS) is 12.9. The number of fused-ring (bicyclic) bond motifs is 9. The number of benzene rings is 9. The van der Waals surface area contributed by atoms with Crippen molar-refractivity contribution < 1.29 is 4.42 Å². The Morgan fingerprint density at radius 2 is 1.11 bits per heavy atom. The third kappa shape index (κ3) is 5.62. The molecule has 0 N–H and O–H groups in total. The lowest BCUT2D eigenvalue weighted by Crippen LogP contribution is -2.16. The molecule has 3 heteroatoms. The van der Waals surface area contributed by atoms with E-state index >= 15 is 0 Å². The van der Waals surface area contributed by atoms with E-state index in [0.717, 1.165) is 83.3 Å². The summed E-state index contributed by atoms with van der Waals surface area (Å²) in [5.74, 6) is 0. The highest BCUT2D eigenvalue weighted by atomic mass is 16.3. The van der Waals surface area contributed by atoms with E-state index in [1.54, 1.807) is 0 Å². The van der Waals surface area contributed by atoms with Gasteiger partial charge in [0, 0.05) is 56.1 Å². The van der Waals surface area contributed by atoms with Crippen molar-refractivity contribution in [2.24, 2.45) is 0 Å². The van der Waals surface area contributed by atoms with Crippen molar-refractivity contribution in [2.75, 3.05) is 4.90 Å². The van der Waals surface area contributed by atoms with Crippen LogP contribution in [0.1, 0.15) is 25.0 Å². The summed E-state index contributed by atoms with van der Waals surface area (Å²) in [7, 11) is 0. The Hall–Kier alpha value is -7.75. The monoisotopic (exact) mass is 780 g/mol. The van der Waals surface area contributed by atoms with Gasteiger partial charge in [-0.05, 0) is 110 Å². The lowest BCUT2D eigenvalue weighted by molar-refractivity contribution is 0.660. The zero-order valence-electron chi connectivity index (χ0n) is 33.9. The molecule has 0 saturated carbocycles. The molecule has 1 aliphatic carbocycles. The summed E-state index contributed by atoms with van der Waals surface area (Å²) in [5, 5.41) is 6.91. The standard InChI is InChI=1S/C58H40N2O/c1-58(2)51-24-11-10-22-47(51)48-30-29-45(35-52(48)58)60(44-28-26-38-16-6-7-17-39(38)32-44)43-20-12-19-40(33-43)50-34-41-18-8-9-21-46(41)56-55-49(23-13-25-54(55)61-57(50)56)53-31-27-42(36-59-53)37-14-4-3-5-15-37/h3-36H,1-2H3. The quantitative estimate of drug-likeness (QED) is 0.168. The highest BCUT2D eigenvalue weighted by Gasteiger charge is 2.36. The van der Waals surface area contributed by atoms with E-state index in [1.807, 2.05) is 12.3 Å². The molecule has 0 radical (unpaired) electrons. The summed E-state index contributed by atoms with van der Waals surface area (Å²) in [5.41, 5.74) is 16.6. The molecule has 0 saturated heterocycles. The first-order valence-corrected chi connectivity index (χ1v) is 21.0. The van der Waals surface area contributed by atoms with E-state index < -0.39 is 0 Å². The molecule has 0 spiro atoms. The molecule has 61 heavy (non-hydrogen) atoms. The summed E-state index contributed by atoms with van der Waals surface area (Å²) in [6, 6.07) is 72.2. The van der Waals surface area contributed by atoms with Crippen molar-refractivity contribution in [3.05, 3.63) is 218 Å². The van der Waals surface area contributed by atoms with Crippen LogP contribution in [-0.4, -0.2) is 4.98 Å². The fourth-order valence-electron chi connectivity index (χ4n) is 9.86. The number of hydrogen-bond donors (Lipinski definition) is 0. The van der Waals surface area contributed by atoms with Crippen molar-refractivity contribution >= 4 is 60.5 Å². The number of hydrogen-bond acceptors (Lipinski definition) is 3. The van der Waals surface area contributed by atoms with Crippen LogP contribution in [0, 0.1) is 0 Å². The maximum atomic E-state index is 6.98. The fraction of sp³-hybridized carbons (Fsp3) is 0.0517. The Balaban J connectivity index is 1.04. The molecule has 0 amide bonds. The van der Waals surface area contributed by atoms with Gasteiger partial charge in [-0.3, -0.25) is 4.98 Å². The van der Waals surface area contributed by atoms with Crippen LogP contribution in [0.25, 0.3) is 88.1 Å². The molecule has 0 bridgehead atoms. The molecule has 2 heterocycles. The van der Waals surface area contributed by atoms with E-state index in [2.05, 4.69) is 213 Å². The molecule has 12 rings (SSSR count). The summed E-state index contributed by atoms with van der Waals surface area (Å²) < 4.78 is 6.98. The molecular formula is C58H40N2O. The van der Waals surface area contributed by atoms with Crippen LogP contribution in [0.3, 0.4) is 0 Å². The van der Waals surface area contributed by atoms with Crippen LogP contribution in [0.4, 0.5) is 17.1 Å². The van der Waals surface area contributed by atoms with Crippen LogP contribution >= 0.6 is 0 Å². The topological polar surface area (TPSA) is 29.3 Å². The third-order valence-corrected chi connectivity index (χ3v) is 12.9. The van der Waals surface area contributed by atoms with Crippen LogP contribution in [0.5, 0.6) is 0 Å². The first-order valence-electron chi connectivity index (χ1n) is 21.0. The number of furan rings is 1. The maximum Gasteiger partial charge on any atom is 0.143 e. The molecule has 1 aliphatic rings. The molecule has 288 valence electrons. The smallest absolute Gasteiger partial charge is 0.143 e. The molecule has 0 unspecified atom stereocenters. The van der Waals surface area contributed by atoms with Gasteiger partial charge >= 0.3 is 0 Å². The van der Waals surface area contributed by atoms with E-state index in [0.29, 0.717) is 0 Å². The predicted molar refractivity (Wildman–Crippen MR) is 255 cm³/mol. The summed E-state index contributed by atoms with van der Waals surface area (Å²) in [6.07, 6.45) is 1.98. The van der Waals surface area contributed by atoms with Gasteiger partial charge in [0.2, 0.25) is 0 Å². The highest BCUT2D eigenvalue weighted by Crippen LogP contribution is 2.51. The second-order valence-corrected chi connectivity index (χ2v) is 16.7. The van der Waals surface area contributed by atoms with Crippen LogP contribution in [-0.2, 0) is 5.41 Å². The van der Waals surface area contributed by atoms with Crippen molar-refractivity contribution in [1.29, 1.82) is 0 Å². The van der Waals surface area contributed by atoms with E-state index in [4.69, 9.17) is 9.40 Å². The zero-order chi connectivity index (χ0) is 40.7. The summed E-state index contributed by atoms with van der Waals surface area (Å²) in [6.45, 7) is 4.70. The minimum Gasteiger partial charge on any atom is -0.455 e. The van der Waals surface area contributed by atoms with Crippen LogP contribution < -0.4 is 4.90 Å². The molecule has 2 aromatic heterocycles. The second-order valence-electron chi connectivity index (χ2n) is 16.7. The number of rotatable bonds is 6. The molecule has 0 atom stereocenters. The first kappa shape index (κ1) is 35.2. The minimum atomic E-state index is -0.130. The summed E-state index contributed by atoms with van der Waals surface area (Å²) >= 11 is 0. The molecule has 0 fully saturated rings. The van der Waals surface area contributed by atoms with Gasteiger partial charge in [-0.1, -0.05) is 159 Å². The molecule has 11 aromatic rings. The lowest BCUT2D eigenvalue weighted by Gasteiger charge is -2.28. The summed E-state index contributed by atoms with van der Waals surface area (Å²) in [4.78, 5) is 7.44. The van der Waals surface area contributed by atoms with E-state index in [-0.39, 0.29) is 5.41 Å². The fourth-order valence-corrected chi connectivity index (χ4v) is 9.86. The maximum absolute atomic E-state index is 6.98. The van der Waals surface area contributed by atoms with Crippen molar-refractivity contribution in [2.45, 2.75) is 19.3 Å². The van der Waals surface area contributed by atoms with Crippen LogP contribution in [0.2, 0.25) is 0 Å². The molecule has 3 nitrogen and oxygen atoms in total. The number of aromatic nitrogens is 1. The predicted octanol–water partition coefficient (Wildman–Crippen LogP) is 16.1. The van der Waals surface area contributed by atoms with Gasteiger partial charge in [0.25, 0.3) is 0 Å². The molecule has 0 aliphatic heterocycles. The van der Waals surface area contributed by atoms with Crippen molar-refractivity contribution in [3.63, 3.8) is 0 Å². The average molecular weight is 781 g/mol. The van der Waals surface area contributed by atoms with Gasteiger partial charge < -0.3 is 9.32 Å². The van der Waals surface area contributed by atoms with Gasteiger partial charge in [0.1, 0.15) is 11.2 Å². The highest BCUT2D eigenvalue weighted by molar-refractivity contribution is 6.25. The van der Waals surface area contributed by atoms with Gasteiger partial charge in [-0.2, -0.15) is 0 Å². The second kappa shape index (κ2) is 13.7. The Kier molecular flexibility index (Phi) is 7.88. The Morgan fingerprint density at radius 1 is 0.426 bits per heavy atom. The number of anilines is 3. The Bertz CT molecular complexity index is 3510. The van der Waals surface area contributed by atoms with E-state index in [1.165, 1.54) is 33.0 Å². The largest absolute Gasteiger partial charge is 0.455 e. The van der Waals surface area contributed by atoms with Gasteiger partial charge in [-0.25, -0.2) is 0 Å². The SMILES string of the molecule is CC1(C)c2ccccc2-c2ccc(N(c3cccc(-c4cc5ccccc5c5c4oc4cccc(-c6ccc(-c7ccccc7)cn6)c45)c3)c3ccc4ccccc4c3)cc21. The Labute approximate surface area is 354 Å². The Morgan fingerprint density at radius 3 is 1.98 bits per heavy atom. The van der Waals surface area contributed by atoms with Crippen molar-refractivity contribution in [1.82, 2.24) is 4.98 Å². The van der Waals surface area contributed by atoms with Crippen molar-refractivity contribution in [3.8, 4) is 44.6 Å². The van der Waals surface area contributed by atoms with Gasteiger partial charge in [-0.15, -0.1) is 0 Å². The van der Waals surface area contributed by atoms with Crippen LogP contribution in [0.15, 0.2) is 211 Å². The van der Waals surface area contributed by atoms with E-state index in [9.17, 15) is 0 Å². The molecular weight excluding hydrogens is 741 g/mol. The lowest BCUT2D eigenvalue weighted by atomic mass is 9.82.